The van der Waals surface area contributed by atoms with Gasteiger partial charge in [0.2, 0.25) is 0 Å². The van der Waals surface area contributed by atoms with Gasteiger partial charge in [-0.1, -0.05) is 12.1 Å². The van der Waals surface area contributed by atoms with Crippen molar-refractivity contribution in [3.05, 3.63) is 46.7 Å². The van der Waals surface area contributed by atoms with E-state index in [4.69, 9.17) is 4.74 Å². The van der Waals surface area contributed by atoms with Crippen LogP contribution in [0.25, 0.3) is 22.4 Å². The van der Waals surface area contributed by atoms with Crippen LogP contribution in [0.3, 0.4) is 0 Å². The number of imidazole rings is 1. The molecule has 3 aromatic rings. The molecule has 96 valence electrons. The SMILES string of the molecule is COc1cccc(-c2nc3cc(Br)c(F)cc3[nH]2)c1. The predicted molar refractivity (Wildman–Crippen MR) is 75.7 cm³/mol. The average Bonchev–Trinajstić information content (AvgIpc) is 2.82. The van der Waals surface area contributed by atoms with Crippen molar-refractivity contribution in [1.82, 2.24) is 9.97 Å². The van der Waals surface area contributed by atoms with Crippen LogP contribution < -0.4 is 4.74 Å². The third-order valence-corrected chi connectivity index (χ3v) is 3.47. The molecule has 0 bridgehead atoms. The van der Waals surface area contributed by atoms with Crippen LogP contribution >= 0.6 is 15.9 Å². The second-order valence-corrected chi connectivity index (χ2v) is 4.96. The zero-order valence-corrected chi connectivity index (χ0v) is 11.7. The van der Waals surface area contributed by atoms with E-state index in [2.05, 4.69) is 25.9 Å². The number of halogens is 2. The Labute approximate surface area is 117 Å². The Morgan fingerprint density at radius 1 is 1.26 bits per heavy atom. The lowest BCUT2D eigenvalue weighted by atomic mass is 10.2. The van der Waals surface area contributed by atoms with Gasteiger partial charge in [-0.3, -0.25) is 0 Å². The third kappa shape index (κ3) is 2.21. The van der Waals surface area contributed by atoms with Gasteiger partial charge >= 0.3 is 0 Å². The summed E-state index contributed by atoms with van der Waals surface area (Å²) >= 11 is 3.16. The molecule has 0 aliphatic rings. The molecule has 19 heavy (non-hydrogen) atoms. The number of nitrogens with one attached hydrogen (secondary N) is 1. The van der Waals surface area contributed by atoms with E-state index >= 15 is 0 Å². The first-order valence-corrected chi connectivity index (χ1v) is 6.46. The zero-order valence-electron chi connectivity index (χ0n) is 10.1. The molecular weight excluding hydrogens is 311 g/mol. The number of hydrogen-bond donors (Lipinski definition) is 1. The number of fused-ring (bicyclic) bond motifs is 1. The van der Waals surface area contributed by atoms with Crippen LogP contribution in [0.5, 0.6) is 5.75 Å². The molecule has 1 heterocycles. The first-order valence-electron chi connectivity index (χ1n) is 5.66. The number of rotatable bonds is 2. The van der Waals surface area contributed by atoms with Crippen LogP contribution in [0, 0.1) is 5.82 Å². The number of benzene rings is 2. The van der Waals surface area contributed by atoms with Crippen LogP contribution in [0.1, 0.15) is 0 Å². The normalized spacial score (nSPS) is 10.9. The summed E-state index contributed by atoms with van der Waals surface area (Å²) in [5.41, 5.74) is 2.27. The monoisotopic (exact) mass is 320 g/mol. The summed E-state index contributed by atoms with van der Waals surface area (Å²) in [4.78, 5) is 7.56. The number of H-pyrrole nitrogens is 1. The molecule has 0 radical (unpaired) electrons. The van der Waals surface area contributed by atoms with Crippen LogP contribution in [-0.4, -0.2) is 17.1 Å². The molecule has 3 nitrogen and oxygen atoms in total. The van der Waals surface area contributed by atoms with Gasteiger partial charge in [-0.2, -0.15) is 0 Å². The second kappa shape index (κ2) is 4.66. The minimum absolute atomic E-state index is 0.312. The fraction of sp³-hybridized carbons (Fsp3) is 0.0714. The highest BCUT2D eigenvalue weighted by atomic mass is 79.9. The van der Waals surface area contributed by atoms with Crippen molar-refractivity contribution in [2.75, 3.05) is 7.11 Å². The quantitative estimate of drug-likeness (QED) is 0.770. The number of hydrogen-bond acceptors (Lipinski definition) is 2. The minimum atomic E-state index is -0.312. The van der Waals surface area contributed by atoms with Crippen LogP contribution in [0.2, 0.25) is 0 Å². The molecule has 0 saturated carbocycles. The lowest BCUT2D eigenvalue weighted by Crippen LogP contribution is -1.84. The largest absolute Gasteiger partial charge is 0.497 e. The summed E-state index contributed by atoms with van der Waals surface area (Å²) in [5, 5.41) is 0. The molecule has 3 rings (SSSR count). The van der Waals surface area contributed by atoms with Crippen LogP contribution in [0.15, 0.2) is 40.9 Å². The summed E-state index contributed by atoms with van der Waals surface area (Å²) in [6.07, 6.45) is 0. The van der Waals surface area contributed by atoms with E-state index in [1.165, 1.54) is 6.07 Å². The lowest BCUT2D eigenvalue weighted by Gasteiger charge is -2.01. The van der Waals surface area contributed by atoms with Gasteiger partial charge in [-0.25, -0.2) is 9.37 Å². The van der Waals surface area contributed by atoms with Gasteiger partial charge in [0.25, 0.3) is 0 Å². The molecule has 1 aromatic heterocycles. The smallest absolute Gasteiger partial charge is 0.139 e. The standard InChI is InChI=1S/C14H10BrFN2O/c1-19-9-4-2-3-8(5-9)14-17-12-6-10(15)11(16)7-13(12)18-14/h2-7H,1H3,(H,17,18). The second-order valence-electron chi connectivity index (χ2n) is 4.10. The van der Waals surface area contributed by atoms with Crippen LogP contribution in [-0.2, 0) is 0 Å². The minimum Gasteiger partial charge on any atom is -0.497 e. The number of aromatic amines is 1. The van der Waals surface area contributed by atoms with Gasteiger partial charge in [0.1, 0.15) is 17.4 Å². The molecule has 0 unspecified atom stereocenters. The number of aromatic nitrogens is 2. The Morgan fingerprint density at radius 2 is 2.11 bits per heavy atom. The number of nitrogens with zero attached hydrogens (tertiary/aromatic N) is 1. The van der Waals surface area contributed by atoms with Crippen molar-refractivity contribution < 1.29 is 9.13 Å². The highest BCUT2D eigenvalue weighted by Gasteiger charge is 2.09. The van der Waals surface area contributed by atoms with Crippen LogP contribution in [0.4, 0.5) is 4.39 Å². The fourth-order valence-corrected chi connectivity index (χ4v) is 2.24. The van der Waals surface area contributed by atoms with E-state index in [0.29, 0.717) is 21.3 Å². The zero-order chi connectivity index (χ0) is 13.4. The Hall–Kier alpha value is -1.88. The molecule has 0 saturated heterocycles. The molecule has 5 heteroatoms. The van der Waals surface area contributed by atoms with Crippen molar-refractivity contribution in [1.29, 1.82) is 0 Å². The van der Waals surface area contributed by atoms with E-state index in [-0.39, 0.29) is 5.82 Å². The van der Waals surface area contributed by atoms with E-state index in [1.807, 2.05) is 24.3 Å². The van der Waals surface area contributed by atoms with E-state index in [0.717, 1.165) is 11.3 Å². The fourth-order valence-electron chi connectivity index (χ4n) is 1.91. The maximum absolute atomic E-state index is 13.5. The molecule has 0 atom stereocenters. The van der Waals surface area contributed by atoms with Gasteiger partial charge in [0.15, 0.2) is 0 Å². The maximum Gasteiger partial charge on any atom is 0.139 e. The summed E-state index contributed by atoms with van der Waals surface area (Å²) < 4.78 is 19.1. The van der Waals surface area contributed by atoms with Gasteiger partial charge in [0, 0.05) is 11.6 Å². The van der Waals surface area contributed by atoms with Crippen molar-refractivity contribution in [3.8, 4) is 17.1 Å². The molecule has 1 N–H and O–H groups in total. The molecular formula is C14H10BrFN2O. The van der Waals surface area contributed by atoms with E-state index < -0.39 is 0 Å². The Bertz CT molecular complexity index is 715. The Morgan fingerprint density at radius 3 is 2.89 bits per heavy atom. The highest BCUT2D eigenvalue weighted by molar-refractivity contribution is 9.10. The Balaban J connectivity index is 2.14. The topological polar surface area (TPSA) is 37.9 Å². The summed E-state index contributed by atoms with van der Waals surface area (Å²) in [5.74, 6) is 1.13. The molecule has 0 spiro atoms. The predicted octanol–water partition coefficient (Wildman–Crippen LogP) is 4.14. The average molecular weight is 321 g/mol. The molecule has 0 fully saturated rings. The van der Waals surface area contributed by atoms with Gasteiger partial charge in [0.05, 0.1) is 22.6 Å². The Kier molecular flexibility index (Phi) is 2.98. The summed E-state index contributed by atoms with van der Waals surface area (Å²) in [6, 6.07) is 10.6. The first-order chi connectivity index (χ1) is 9.17. The van der Waals surface area contributed by atoms with Gasteiger partial charge < -0.3 is 9.72 Å². The van der Waals surface area contributed by atoms with Crippen molar-refractivity contribution in [3.63, 3.8) is 0 Å². The summed E-state index contributed by atoms with van der Waals surface area (Å²) in [7, 11) is 1.62. The lowest BCUT2D eigenvalue weighted by molar-refractivity contribution is 0.415. The maximum atomic E-state index is 13.5. The summed E-state index contributed by atoms with van der Waals surface area (Å²) in [6.45, 7) is 0. The van der Waals surface area contributed by atoms with Gasteiger partial charge in [-0.15, -0.1) is 0 Å². The number of ether oxygens (including phenoxy) is 1. The molecule has 2 aromatic carbocycles. The molecule has 0 amide bonds. The van der Waals surface area contributed by atoms with Gasteiger partial charge in [-0.05, 0) is 34.1 Å². The highest BCUT2D eigenvalue weighted by Crippen LogP contribution is 2.26. The van der Waals surface area contributed by atoms with Crippen molar-refractivity contribution >= 4 is 27.0 Å². The molecule has 0 aliphatic heterocycles. The van der Waals surface area contributed by atoms with Crippen molar-refractivity contribution in [2.45, 2.75) is 0 Å². The number of methoxy groups -OCH3 is 1. The third-order valence-electron chi connectivity index (χ3n) is 2.87. The van der Waals surface area contributed by atoms with E-state index in [9.17, 15) is 4.39 Å². The molecule has 0 aliphatic carbocycles. The first kappa shape index (κ1) is 12.2. The van der Waals surface area contributed by atoms with Crippen molar-refractivity contribution in [2.24, 2.45) is 0 Å². The van der Waals surface area contributed by atoms with E-state index in [1.54, 1.807) is 13.2 Å².